The lowest BCUT2D eigenvalue weighted by Gasteiger charge is -2.16. The first-order valence-electron chi connectivity index (χ1n) is 10.7. The van der Waals surface area contributed by atoms with Gasteiger partial charge in [0.25, 0.3) is 5.91 Å². The third kappa shape index (κ3) is 4.11. The van der Waals surface area contributed by atoms with E-state index in [1.54, 1.807) is 27.9 Å². The maximum absolute atomic E-state index is 14.5. The number of carbonyl (C=O) groups excluding carboxylic acids is 1. The normalized spacial score (nSPS) is 12.5. The van der Waals surface area contributed by atoms with Gasteiger partial charge in [-0.15, -0.1) is 0 Å². The fourth-order valence-electron chi connectivity index (χ4n) is 4.01. The molecule has 7 nitrogen and oxygen atoms in total. The monoisotopic (exact) mass is 453 g/mol. The average molecular weight is 453 g/mol. The van der Waals surface area contributed by atoms with E-state index >= 15 is 0 Å². The number of hydrogen-bond donors (Lipinski definition) is 0. The summed E-state index contributed by atoms with van der Waals surface area (Å²) in [6, 6.07) is 16.1. The van der Waals surface area contributed by atoms with E-state index in [4.69, 9.17) is 10.00 Å². The van der Waals surface area contributed by atoms with Crippen molar-refractivity contribution in [2.24, 2.45) is 7.05 Å². The lowest BCUT2D eigenvalue weighted by atomic mass is 10.1. The van der Waals surface area contributed by atoms with Gasteiger partial charge >= 0.3 is 0 Å². The summed E-state index contributed by atoms with van der Waals surface area (Å²) < 4.78 is 21.9. The number of ether oxygens (including phenoxy) is 1. The molecule has 2 aromatic carbocycles. The van der Waals surface area contributed by atoms with Gasteiger partial charge in [-0.3, -0.25) is 9.48 Å². The van der Waals surface area contributed by atoms with Crippen molar-refractivity contribution in [3.05, 3.63) is 95.2 Å². The number of fused-ring (bicyclic) bond motifs is 1. The first-order chi connectivity index (χ1) is 16.5. The minimum Gasteiger partial charge on any atom is -0.435 e. The lowest BCUT2D eigenvalue weighted by molar-refractivity contribution is 0.0764. The molecule has 0 fully saturated rings. The highest BCUT2D eigenvalue weighted by Gasteiger charge is 2.32. The smallest absolute Gasteiger partial charge is 0.260 e. The third-order valence-corrected chi connectivity index (χ3v) is 5.72. The summed E-state index contributed by atoms with van der Waals surface area (Å²) in [5.41, 5.74) is 4.74. The Balaban J connectivity index is 1.33. The molecule has 3 heterocycles. The van der Waals surface area contributed by atoms with E-state index < -0.39 is 5.82 Å². The molecule has 0 saturated heterocycles. The molecule has 0 radical (unpaired) electrons. The Kier molecular flexibility index (Phi) is 5.52. The van der Waals surface area contributed by atoms with Crippen LogP contribution < -0.4 is 4.74 Å². The molecule has 8 heteroatoms. The van der Waals surface area contributed by atoms with E-state index in [0.29, 0.717) is 24.2 Å². The Morgan fingerprint density at radius 1 is 1.12 bits per heavy atom. The molecule has 0 bridgehead atoms. The van der Waals surface area contributed by atoms with Gasteiger partial charge < -0.3 is 9.64 Å². The molecule has 0 atom stereocenters. The molecule has 1 aliphatic heterocycles. The lowest BCUT2D eigenvalue weighted by Crippen LogP contribution is -2.23. The first kappa shape index (κ1) is 21.3. The highest BCUT2D eigenvalue weighted by atomic mass is 19.1. The summed E-state index contributed by atoms with van der Waals surface area (Å²) in [6.07, 6.45) is 5.41. The van der Waals surface area contributed by atoms with Gasteiger partial charge in [-0.05, 0) is 40.5 Å². The van der Waals surface area contributed by atoms with Gasteiger partial charge in [0.05, 0.1) is 18.7 Å². The summed E-state index contributed by atoms with van der Waals surface area (Å²) in [5.74, 6) is -0.789. The van der Waals surface area contributed by atoms with Gasteiger partial charge in [0, 0.05) is 38.1 Å². The molecule has 1 aliphatic rings. The Morgan fingerprint density at radius 2 is 1.91 bits per heavy atom. The second-order valence-corrected chi connectivity index (χ2v) is 8.11. The van der Waals surface area contributed by atoms with Crippen LogP contribution in [0.3, 0.4) is 0 Å². The number of rotatable bonds is 6. The minimum absolute atomic E-state index is 0.0418. The third-order valence-electron chi connectivity index (χ3n) is 5.72. The summed E-state index contributed by atoms with van der Waals surface area (Å²) in [6.45, 7) is 0.846. The van der Waals surface area contributed by atoms with E-state index in [-0.39, 0.29) is 24.0 Å². The quantitative estimate of drug-likeness (QED) is 0.425. The largest absolute Gasteiger partial charge is 0.435 e. The zero-order valence-corrected chi connectivity index (χ0v) is 18.4. The summed E-state index contributed by atoms with van der Waals surface area (Å²) in [5, 5.41) is 13.0. The molecule has 0 unspecified atom stereocenters. The molecule has 0 saturated carbocycles. The molecule has 0 N–H and O–H groups in total. The number of carbonyl (C=O) groups is 1. The Bertz CT molecular complexity index is 1420. The van der Waals surface area contributed by atoms with E-state index in [1.165, 1.54) is 12.1 Å². The van der Waals surface area contributed by atoms with Crippen molar-refractivity contribution in [1.29, 1.82) is 5.26 Å². The molecule has 168 valence electrons. The van der Waals surface area contributed by atoms with Crippen LogP contribution in [0.25, 0.3) is 11.1 Å². The van der Waals surface area contributed by atoms with E-state index in [0.717, 1.165) is 22.3 Å². The van der Waals surface area contributed by atoms with Crippen LogP contribution in [0.2, 0.25) is 0 Å². The zero-order valence-electron chi connectivity index (χ0n) is 18.4. The van der Waals surface area contributed by atoms with Crippen molar-refractivity contribution < 1.29 is 13.9 Å². The molecule has 1 amide bonds. The van der Waals surface area contributed by atoms with Gasteiger partial charge in [0.2, 0.25) is 5.88 Å². The second kappa shape index (κ2) is 8.79. The van der Waals surface area contributed by atoms with Crippen LogP contribution in [0.1, 0.15) is 27.0 Å². The molecular weight excluding hydrogens is 433 g/mol. The number of nitrogens with zero attached hydrogens (tertiary/aromatic N) is 5. The summed E-state index contributed by atoms with van der Waals surface area (Å²) in [7, 11) is 1.87. The van der Waals surface area contributed by atoms with Gasteiger partial charge in [0.1, 0.15) is 5.56 Å². The van der Waals surface area contributed by atoms with Crippen molar-refractivity contribution in [1.82, 2.24) is 19.7 Å². The Labute approximate surface area is 195 Å². The highest BCUT2D eigenvalue weighted by molar-refractivity contribution is 6.00. The van der Waals surface area contributed by atoms with E-state index in [2.05, 4.69) is 10.1 Å². The standard InChI is InChI=1S/C26H20FN5O2/c1-31-15-21(13-30-31)19-5-2-18(3-6-19)14-32-16-20-9-11-29-25(24(20)26(32)33)34-23-7-4-17(8-10-28)12-22(23)27/h2-7,9,11-13,15H,8,14,16H2,1H3. The number of pyridine rings is 1. The summed E-state index contributed by atoms with van der Waals surface area (Å²) >= 11 is 0. The van der Waals surface area contributed by atoms with Crippen LogP contribution in [0.5, 0.6) is 11.6 Å². The van der Waals surface area contributed by atoms with Crippen LogP contribution in [0, 0.1) is 17.1 Å². The second-order valence-electron chi connectivity index (χ2n) is 8.11. The molecule has 2 aromatic heterocycles. The van der Waals surface area contributed by atoms with Crippen LogP contribution in [0.4, 0.5) is 4.39 Å². The van der Waals surface area contributed by atoms with Gasteiger partial charge in [0.15, 0.2) is 11.6 Å². The number of aryl methyl sites for hydroxylation is 1. The van der Waals surface area contributed by atoms with Gasteiger partial charge in [-0.2, -0.15) is 10.4 Å². The van der Waals surface area contributed by atoms with Crippen molar-refractivity contribution in [2.75, 3.05) is 0 Å². The predicted octanol–water partition coefficient (Wildman–Crippen LogP) is 4.64. The van der Waals surface area contributed by atoms with Crippen LogP contribution in [-0.2, 0) is 26.6 Å². The number of amides is 1. The number of nitriles is 1. The number of hydrogen-bond acceptors (Lipinski definition) is 5. The van der Waals surface area contributed by atoms with Crippen molar-refractivity contribution in [2.45, 2.75) is 19.5 Å². The average Bonchev–Trinajstić information content (AvgIpc) is 3.40. The Hall–Kier alpha value is -4.51. The fraction of sp³-hybridized carbons (Fsp3) is 0.154. The van der Waals surface area contributed by atoms with Crippen molar-refractivity contribution in [3.63, 3.8) is 0 Å². The summed E-state index contributed by atoms with van der Waals surface area (Å²) in [4.78, 5) is 19.1. The van der Waals surface area contributed by atoms with Gasteiger partial charge in [-0.1, -0.05) is 30.3 Å². The fourth-order valence-corrected chi connectivity index (χ4v) is 4.01. The van der Waals surface area contributed by atoms with Crippen LogP contribution in [-0.4, -0.2) is 25.6 Å². The zero-order chi connectivity index (χ0) is 23.7. The molecule has 0 spiro atoms. The molecule has 0 aliphatic carbocycles. The molecule has 5 rings (SSSR count). The van der Waals surface area contributed by atoms with Crippen molar-refractivity contribution >= 4 is 5.91 Å². The number of aromatic nitrogens is 3. The maximum atomic E-state index is 14.5. The SMILES string of the molecule is Cn1cc(-c2ccc(CN3Cc4ccnc(Oc5ccc(CC#N)cc5F)c4C3=O)cc2)cn1. The first-order valence-corrected chi connectivity index (χ1v) is 10.7. The molecular formula is C26H20FN5O2. The van der Waals surface area contributed by atoms with E-state index in [1.807, 2.05) is 49.8 Å². The number of benzene rings is 2. The molecule has 4 aromatic rings. The highest BCUT2D eigenvalue weighted by Crippen LogP contribution is 2.34. The molecule has 34 heavy (non-hydrogen) atoms. The maximum Gasteiger partial charge on any atom is 0.260 e. The Morgan fingerprint density at radius 3 is 2.62 bits per heavy atom. The minimum atomic E-state index is -0.608. The van der Waals surface area contributed by atoms with Crippen LogP contribution in [0.15, 0.2) is 67.1 Å². The predicted molar refractivity (Wildman–Crippen MR) is 122 cm³/mol. The van der Waals surface area contributed by atoms with Crippen LogP contribution >= 0.6 is 0 Å². The van der Waals surface area contributed by atoms with E-state index in [9.17, 15) is 9.18 Å². The number of halogens is 1. The van der Waals surface area contributed by atoms with Crippen molar-refractivity contribution in [3.8, 4) is 28.8 Å². The van der Waals surface area contributed by atoms with Gasteiger partial charge in [-0.25, -0.2) is 9.37 Å². The topological polar surface area (TPSA) is 84.0 Å².